The van der Waals surface area contributed by atoms with Gasteiger partial charge in [0.2, 0.25) is 0 Å². The van der Waals surface area contributed by atoms with Crippen LogP contribution in [0.25, 0.3) is 0 Å². The topological polar surface area (TPSA) is 45.7 Å². The normalized spacial score (nSPS) is 11.1. The summed E-state index contributed by atoms with van der Waals surface area (Å²) in [6, 6.07) is 6.70. The highest BCUT2D eigenvalue weighted by atomic mass is 127. The number of ether oxygens (including phenoxy) is 1. The number of halogens is 3. The highest BCUT2D eigenvalue weighted by molar-refractivity contribution is 14.0. The molecule has 0 fully saturated rings. The molecule has 0 saturated carbocycles. The van der Waals surface area contributed by atoms with Gasteiger partial charge in [-0.05, 0) is 31.4 Å². The van der Waals surface area contributed by atoms with E-state index in [0.717, 1.165) is 25.3 Å². The minimum Gasteiger partial charge on any atom is -0.434 e. The molecule has 0 radical (unpaired) electrons. The zero-order chi connectivity index (χ0) is 16.2. The van der Waals surface area contributed by atoms with Crippen molar-refractivity contribution < 1.29 is 13.5 Å². The Morgan fingerprint density at radius 1 is 1.30 bits per heavy atom. The van der Waals surface area contributed by atoms with Crippen molar-refractivity contribution in [1.29, 1.82) is 0 Å². The number of hydrogen-bond acceptors (Lipinski definition) is 3. The largest absolute Gasteiger partial charge is 0.434 e. The molecule has 0 saturated heterocycles. The molecule has 23 heavy (non-hydrogen) atoms. The lowest BCUT2D eigenvalue weighted by Gasteiger charge is -2.12. The second-order valence-corrected chi connectivity index (χ2v) is 5.44. The van der Waals surface area contributed by atoms with E-state index in [9.17, 15) is 8.78 Å². The van der Waals surface area contributed by atoms with Gasteiger partial charge in [0.05, 0.1) is 6.54 Å². The van der Waals surface area contributed by atoms with Crippen LogP contribution in [0.5, 0.6) is 5.75 Å². The van der Waals surface area contributed by atoms with Crippen LogP contribution in [-0.4, -0.2) is 37.7 Å². The molecule has 0 aliphatic heterocycles. The van der Waals surface area contributed by atoms with Gasteiger partial charge in [-0.15, -0.1) is 24.0 Å². The quantitative estimate of drug-likeness (QED) is 0.256. The smallest absolute Gasteiger partial charge is 0.387 e. The second kappa shape index (κ2) is 13.6. The molecule has 2 N–H and O–H groups in total. The predicted octanol–water partition coefficient (Wildman–Crippen LogP) is 3.71. The number of guanidine groups is 1. The van der Waals surface area contributed by atoms with Gasteiger partial charge in [-0.25, -0.2) is 4.99 Å². The first kappa shape index (κ1) is 22.2. The molecule has 4 nitrogen and oxygen atoms in total. The number of benzene rings is 1. The minimum atomic E-state index is -2.83. The van der Waals surface area contributed by atoms with E-state index in [2.05, 4.69) is 26.6 Å². The van der Waals surface area contributed by atoms with Crippen LogP contribution in [0.1, 0.15) is 18.9 Å². The molecule has 0 aliphatic rings. The third kappa shape index (κ3) is 9.85. The number of hydrogen-bond donors (Lipinski definition) is 2. The fourth-order valence-electron chi connectivity index (χ4n) is 1.77. The zero-order valence-electron chi connectivity index (χ0n) is 13.4. The van der Waals surface area contributed by atoms with Gasteiger partial charge in [-0.2, -0.15) is 20.5 Å². The Balaban J connectivity index is 0.00000484. The van der Waals surface area contributed by atoms with Gasteiger partial charge in [0.15, 0.2) is 5.96 Å². The van der Waals surface area contributed by atoms with Crippen molar-refractivity contribution >= 4 is 41.7 Å². The molecule has 0 spiro atoms. The molecule has 0 unspecified atom stereocenters. The molecule has 0 heterocycles. The fraction of sp³-hybridized carbons (Fsp3) is 0.533. The molecule has 1 rings (SSSR count). The second-order valence-electron chi connectivity index (χ2n) is 4.45. The van der Waals surface area contributed by atoms with Gasteiger partial charge in [0.25, 0.3) is 0 Å². The van der Waals surface area contributed by atoms with E-state index in [1.54, 1.807) is 30.0 Å². The van der Waals surface area contributed by atoms with Gasteiger partial charge in [-0.1, -0.05) is 18.2 Å². The van der Waals surface area contributed by atoms with E-state index in [0.29, 0.717) is 11.5 Å². The molecule has 0 atom stereocenters. The van der Waals surface area contributed by atoms with Gasteiger partial charge < -0.3 is 15.4 Å². The van der Waals surface area contributed by atoms with Crippen molar-refractivity contribution in [1.82, 2.24) is 10.6 Å². The summed E-state index contributed by atoms with van der Waals surface area (Å²) in [4.78, 5) is 4.41. The average molecular weight is 459 g/mol. The van der Waals surface area contributed by atoms with Crippen molar-refractivity contribution in [3.63, 3.8) is 0 Å². The molecule has 1 aromatic carbocycles. The van der Waals surface area contributed by atoms with E-state index in [-0.39, 0.29) is 36.3 Å². The number of para-hydroxylation sites is 1. The van der Waals surface area contributed by atoms with Crippen LogP contribution < -0.4 is 15.4 Å². The Morgan fingerprint density at radius 2 is 2.04 bits per heavy atom. The van der Waals surface area contributed by atoms with Crippen LogP contribution >= 0.6 is 35.7 Å². The third-order valence-corrected chi connectivity index (χ3v) is 3.46. The fourth-order valence-corrected chi connectivity index (χ4v) is 2.21. The van der Waals surface area contributed by atoms with E-state index in [1.807, 2.05) is 6.92 Å². The summed E-state index contributed by atoms with van der Waals surface area (Å²) < 4.78 is 29.3. The number of alkyl halides is 2. The first-order valence-electron chi connectivity index (χ1n) is 7.21. The maximum Gasteiger partial charge on any atom is 0.387 e. The summed E-state index contributed by atoms with van der Waals surface area (Å²) in [5, 5.41) is 6.36. The highest BCUT2D eigenvalue weighted by Crippen LogP contribution is 2.20. The van der Waals surface area contributed by atoms with Crippen molar-refractivity contribution in [2.24, 2.45) is 4.99 Å². The van der Waals surface area contributed by atoms with Crippen LogP contribution in [0.4, 0.5) is 8.78 Å². The first-order valence-corrected chi connectivity index (χ1v) is 8.60. The summed E-state index contributed by atoms with van der Waals surface area (Å²) in [5.74, 6) is 1.92. The zero-order valence-corrected chi connectivity index (χ0v) is 16.5. The number of nitrogens with zero attached hydrogens (tertiary/aromatic N) is 1. The third-order valence-electron chi connectivity index (χ3n) is 2.76. The van der Waals surface area contributed by atoms with Crippen molar-refractivity contribution in [2.75, 3.05) is 25.1 Å². The van der Waals surface area contributed by atoms with Crippen LogP contribution in [-0.2, 0) is 6.54 Å². The van der Waals surface area contributed by atoms with Crippen molar-refractivity contribution in [3.8, 4) is 5.75 Å². The summed E-state index contributed by atoms with van der Waals surface area (Å²) in [5.41, 5.74) is 0.629. The SMILES string of the molecule is CCNC(=NCc1ccccc1OC(F)F)NCCCSC.I. The molecule has 1 aromatic rings. The standard InChI is InChI=1S/C15H23F2N3OS.HI/c1-3-18-15(19-9-6-10-22-2)20-11-12-7-4-5-8-13(12)21-14(16)17;/h4-5,7-8,14H,3,6,9-11H2,1-2H3,(H2,18,19,20);1H. The van der Waals surface area contributed by atoms with Crippen LogP contribution in [0.15, 0.2) is 29.3 Å². The minimum absolute atomic E-state index is 0. The molecule has 132 valence electrons. The molecule has 0 bridgehead atoms. The van der Waals surface area contributed by atoms with Gasteiger partial charge >= 0.3 is 6.61 Å². The maximum absolute atomic E-state index is 12.4. The van der Waals surface area contributed by atoms with Gasteiger partial charge in [0.1, 0.15) is 5.75 Å². The number of rotatable bonds is 9. The van der Waals surface area contributed by atoms with E-state index in [4.69, 9.17) is 0 Å². The summed E-state index contributed by atoms with van der Waals surface area (Å²) in [7, 11) is 0. The van der Waals surface area contributed by atoms with Crippen LogP contribution in [0.3, 0.4) is 0 Å². The van der Waals surface area contributed by atoms with E-state index >= 15 is 0 Å². The lowest BCUT2D eigenvalue weighted by atomic mass is 10.2. The Labute approximate surface area is 157 Å². The Bertz CT molecular complexity index is 464. The van der Waals surface area contributed by atoms with Gasteiger partial charge in [-0.3, -0.25) is 0 Å². The van der Waals surface area contributed by atoms with Crippen molar-refractivity contribution in [2.45, 2.75) is 26.5 Å². The molecule has 0 amide bonds. The maximum atomic E-state index is 12.4. The Morgan fingerprint density at radius 3 is 2.70 bits per heavy atom. The monoisotopic (exact) mass is 459 g/mol. The highest BCUT2D eigenvalue weighted by Gasteiger charge is 2.08. The lowest BCUT2D eigenvalue weighted by Crippen LogP contribution is -2.37. The predicted molar refractivity (Wildman–Crippen MR) is 104 cm³/mol. The summed E-state index contributed by atoms with van der Waals surface area (Å²) in [6.45, 7) is 0.988. The average Bonchev–Trinajstić information content (AvgIpc) is 2.49. The van der Waals surface area contributed by atoms with Crippen LogP contribution in [0.2, 0.25) is 0 Å². The van der Waals surface area contributed by atoms with Crippen LogP contribution in [0, 0.1) is 0 Å². The number of nitrogens with one attached hydrogen (secondary N) is 2. The molecule has 0 aromatic heterocycles. The number of thioether (sulfide) groups is 1. The molecule has 0 aliphatic carbocycles. The Hall–Kier alpha value is -0.770. The molecular weight excluding hydrogens is 435 g/mol. The lowest BCUT2D eigenvalue weighted by molar-refractivity contribution is -0.0504. The van der Waals surface area contributed by atoms with Crippen molar-refractivity contribution in [3.05, 3.63) is 29.8 Å². The first-order chi connectivity index (χ1) is 10.7. The van der Waals surface area contributed by atoms with Gasteiger partial charge in [0, 0.05) is 18.7 Å². The molecular formula is C15H24F2IN3OS. The van der Waals surface area contributed by atoms with E-state index in [1.165, 1.54) is 6.07 Å². The summed E-state index contributed by atoms with van der Waals surface area (Å²) in [6.07, 6.45) is 3.11. The summed E-state index contributed by atoms with van der Waals surface area (Å²) >= 11 is 1.80. The number of aliphatic imine (C=N–C) groups is 1. The molecule has 8 heteroatoms. The Kier molecular flexibility index (Phi) is 13.2. The van der Waals surface area contributed by atoms with E-state index < -0.39 is 6.61 Å².